The first kappa shape index (κ1) is 19.6. The standard InChI is InChI=1S/C18H17F3N4O3/c1-12-10-13(2-4-15(12)25(27)28)17(26)24-8-6-23(7-9-24)16-5-3-14(11-22-16)18(19,20)21/h2-5,10-11H,6-9H2,1H3. The van der Waals surface area contributed by atoms with Crippen molar-refractivity contribution >= 4 is 17.4 Å². The second kappa shape index (κ2) is 7.45. The molecule has 1 aliphatic rings. The number of halogens is 3. The van der Waals surface area contributed by atoms with Crippen molar-refractivity contribution in [2.24, 2.45) is 0 Å². The average molecular weight is 394 g/mol. The minimum Gasteiger partial charge on any atom is -0.353 e. The molecule has 0 spiro atoms. The van der Waals surface area contributed by atoms with Crippen LogP contribution < -0.4 is 4.90 Å². The van der Waals surface area contributed by atoms with Gasteiger partial charge in [0.1, 0.15) is 5.82 Å². The summed E-state index contributed by atoms with van der Waals surface area (Å²) in [7, 11) is 0. The summed E-state index contributed by atoms with van der Waals surface area (Å²) in [5.74, 6) is 0.185. The van der Waals surface area contributed by atoms with E-state index in [1.807, 2.05) is 4.90 Å². The summed E-state index contributed by atoms with van der Waals surface area (Å²) in [4.78, 5) is 30.3. The third kappa shape index (κ3) is 4.05. The molecule has 3 rings (SSSR count). The Balaban J connectivity index is 1.64. The Morgan fingerprint density at radius 1 is 1.14 bits per heavy atom. The van der Waals surface area contributed by atoms with Gasteiger partial charge >= 0.3 is 6.18 Å². The highest BCUT2D eigenvalue weighted by Crippen LogP contribution is 2.29. The molecule has 10 heteroatoms. The Labute approximate surface area is 158 Å². The summed E-state index contributed by atoms with van der Waals surface area (Å²) in [6.07, 6.45) is -3.63. The first-order valence-electron chi connectivity index (χ1n) is 8.49. The van der Waals surface area contributed by atoms with Crippen molar-refractivity contribution in [3.8, 4) is 0 Å². The van der Waals surface area contributed by atoms with Crippen molar-refractivity contribution in [3.05, 3.63) is 63.3 Å². The number of nitrogens with zero attached hydrogens (tertiary/aromatic N) is 4. The molecule has 1 aliphatic heterocycles. The molecule has 0 N–H and O–H groups in total. The van der Waals surface area contributed by atoms with E-state index in [4.69, 9.17) is 0 Å². The molecule has 0 atom stereocenters. The fourth-order valence-corrected chi connectivity index (χ4v) is 3.06. The molecule has 1 aromatic heterocycles. The van der Waals surface area contributed by atoms with Gasteiger partial charge in [0.2, 0.25) is 0 Å². The number of benzene rings is 1. The number of aryl methyl sites for hydroxylation is 1. The summed E-state index contributed by atoms with van der Waals surface area (Å²) < 4.78 is 37.9. The number of hydrogen-bond donors (Lipinski definition) is 0. The highest BCUT2D eigenvalue weighted by molar-refractivity contribution is 5.95. The van der Waals surface area contributed by atoms with Gasteiger partial charge in [-0.1, -0.05) is 0 Å². The van der Waals surface area contributed by atoms with Crippen LogP contribution in [0.15, 0.2) is 36.5 Å². The molecule has 0 unspecified atom stereocenters. The monoisotopic (exact) mass is 394 g/mol. The molecule has 0 bridgehead atoms. The number of nitro groups is 1. The fourth-order valence-electron chi connectivity index (χ4n) is 3.06. The second-order valence-electron chi connectivity index (χ2n) is 6.44. The summed E-state index contributed by atoms with van der Waals surface area (Å²) in [5, 5.41) is 10.9. The molecular formula is C18H17F3N4O3. The van der Waals surface area contributed by atoms with Crippen molar-refractivity contribution < 1.29 is 22.9 Å². The van der Waals surface area contributed by atoms with Crippen LogP contribution in [0.1, 0.15) is 21.5 Å². The van der Waals surface area contributed by atoms with Crippen LogP contribution in [0.3, 0.4) is 0 Å². The third-order valence-corrected chi connectivity index (χ3v) is 4.61. The van der Waals surface area contributed by atoms with Crippen molar-refractivity contribution in [2.45, 2.75) is 13.1 Å². The van der Waals surface area contributed by atoms with Crippen molar-refractivity contribution in [3.63, 3.8) is 0 Å². The summed E-state index contributed by atoms with van der Waals surface area (Å²) in [6.45, 7) is 3.17. The van der Waals surface area contributed by atoms with Crippen LogP contribution >= 0.6 is 0 Å². The number of aromatic nitrogens is 1. The summed E-state index contributed by atoms with van der Waals surface area (Å²) in [6, 6.07) is 6.53. The first-order chi connectivity index (χ1) is 13.2. The largest absolute Gasteiger partial charge is 0.417 e. The summed E-state index contributed by atoms with van der Waals surface area (Å²) in [5.41, 5.74) is -0.0824. The molecule has 0 saturated carbocycles. The van der Waals surface area contributed by atoms with E-state index in [-0.39, 0.29) is 11.6 Å². The van der Waals surface area contributed by atoms with Crippen LogP contribution in [-0.2, 0) is 6.18 Å². The van der Waals surface area contributed by atoms with Gasteiger partial charge in [0.25, 0.3) is 11.6 Å². The van der Waals surface area contributed by atoms with E-state index in [1.54, 1.807) is 11.8 Å². The maximum Gasteiger partial charge on any atom is 0.417 e. The first-order valence-corrected chi connectivity index (χ1v) is 8.49. The minimum absolute atomic E-state index is 0.0465. The van der Waals surface area contributed by atoms with Crippen LogP contribution in [0.4, 0.5) is 24.7 Å². The predicted octanol–water partition coefficient (Wildman–Crippen LogP) is 3.28. The van der Waals surface area contributed by atoms with E-state index < -0.39 is 16.7 Å². The van der Waals surface area contributed by atoms with Crippen LogP contribution in [0.2, 0.25) is 0 Å². The topological polar surface area (TPSA) is 79.6 Å². The van der Waals surface area contributed by atoms with Gasteiger partial charge in [0.15, 0.2) is 0 Å². The number of nitro benzene ring substituents is 1. The summed E-state index contributed by atoms with van der Waals surface area (Å²) >= 11 is 0. The average Bonchev–Trinajstić information content (AvgIpc) is 2.66. The van der Waals surface area contributed by atoms with Gasteiger partial charge in [-0.15, -0.1) is 0 Å². The fraction of sp³-hybridized carbons (Fsp3) is 0.333. The lowest BCUT2D eigenvalue weighted by Gasteiger charge is -2.35. The zero-order valence-electron chi connectivity index (χ0n) is 14.9. The van der Waals surface area contributed by atoms with Gasteiger partial charge in [-0.05, 0) is 31.2 Å². The molecule has 1 aromatic carbocycles. The van der Waals surface area contributed by atoms with Crippen molar-refractivity contribution in [1.82, 2.24) is 9.88 Å². The number of pyridine rings is 1. The number of amides is 1. The van der Waals surface area contributed by atoms with E-state index in [9.17, 15) is 28.1 Å². The Morgan fingerprint density at radius 3 is 2.32 bits per heavy atom. The number of rotatable bonds is 3. The molecular weight excluding hydrogens is 377 g/mol. The molecule has 1 saturated heterocycles. The van der Waals surface area contributed by atoms with Crippen LogP contribution in [-0.4, -0.2) is 46.9 Å². The van der Waals surface area contributed by atoms with E-state index in [2.05, 4.69) is 4.98 Å². The molecule has 0 radical (unpaired) electrons. The number of alkyl halides is 3. The molecule has 2 aromatic rings. The lowest BCUT2D eigenvalue weighted by molar-refractivity contribution is -0.385. The molecule has 28 heavy (non-hydrogen) atoms. The lowest BCUT2D eigenvalue weighted by Crippen LogP contribution is -2.49. The maximum atomic E-state index is 12.6. The minimum atomic E-state index is -4.43. The SMILES string of the molecule is Cc1cc(C(=O)N2CCN(c3ccc(C(F)(F)F)cn3)CC2)ccc1[N+](=O)[O-]. The van der Waals surface area contributed by atoms with Crippen LogP contribution in [0.5, 0.6) is 0 Å². The van der Waals surface area contributed by atoms with Crippen LogP contribution in [0, 0.1) is 17.0 Å². The second-order valence-corrected chi connectivity index (χ2v) is 6.44. The quantitative estimate of drug-likeness (QED) is 0.590. The number of piperazine rings is 1. The van der Waals surface area contributed by atoms with E-state index in [1.165, 1.54) is 24.3 Å². The smallest absolute Gasteiger partial charge is 0.353 e. The molecule has 0 aliphatic carbocycles. The van der Waals surface area contributed by atoms with Gasteiger partial charge in [0, 0.05) is 49.6 Å². The van der Waals surface area contributed by atoms with Gasteiger partial charge in [-0.2, -0.15) is 13.2 Å². The Hall–Kier alpha value is -3.17. The number of carbonyl (C=O) groups excluding carboxylic acids is 1. The zero-order valence-corrected chi connectivity index (χ0v) is 14.9. The highest BCUT2D eigenvalue weighted by atomic mass is 19.4. The van der Waals surface area contributed by atoms with Crippen molar-refractivity contribution in [1.29, 1.82) is 0 Å². The molecule has 7 nitrogen and oxygen atoms in total. The predicted molar refractivity (Wildman–Crippen MR) is 95.2 cm³/mol. The Morgan fingerprint density at radius 2 is 1.82 bits per heavy atom. The third-order valence-electron chi connectivity index (χ3n) is 4.61. The molecule has 1 amide bonds. The van der Waals surface area contributed by atoms with Gasteiger partial charge in [-0.3, -0.25) is 14.9 Å². The highest BCUT2D eigenvalue weighted by Gasteiger charge is 2.31. The van der Waals surface area contributed by atoms with E-state index in [0.717, 1.165) is 12.3 Å². The van der Waals surface area contributed by atoms with Gasteiger partial charge in [-0.25, -0.2) is 4.98 Å². The number of hydrogen-bond acceptors (Lipinski definition) is 5. The molecule has 1 fully saturated rings. The Kier molecular flexibility index (Phi) is 5.21. The lowest BCUT2D eigenvalue weighted by atomic mass is 10.1. The molecule has 2 heterocycles. The van der Waals surface area contributed by atoms with Crippen LogP contribution in [0.25, 0.3) is 0 Å². The van der Waals surface area contributed by atoms with E-state index >= 15 is 0 Å². The van der Waals surface area contributed by atoms with Gasteiger partial charge < -0.3 is 9.80 Å². The van der Waals surface area contributed by atoms with E-state index in [0.29, 0.717) is 43.1 Å². The normalized spacial score (nSPS) is 14.9. The maximum absolute atomic E-state index is 12.6. The number of anilines is 1. The molecule has 148 valence electrons. The van der Waals surface area contributed by atoms with Gasteiger partial charge in [0.05, 0.1) is 10.5 Å². The number of carbonyl (C=O) groups is 1. The van der Waals surface area contributed by atoms with Crippen molar-refractivity contribution in [2.75, 3.05) is 31.1 Å². The zero-order chi connectivity index (χ0) is 20.5. The Bertz CT molecular complexity index is 892.